The number of carbonyl (C=O) groups is 1. The number of halogens is 4. The van der Waals surface area contributed by atoms with Crippen LogP contribution in [0.5, 0.6) is 0 Å². The molecule has 3 aromatic rings. The first-order valence-electron chi connectivity index (χ1n) is 9.19. The van der Waals surface area contributed by atoms with Gasteiger partial charge >= 0.3 is 6.18 Å². The number of carbonyl (C=O) groups excluding carboxylic acids is 1. The van der Waals surface area contributed by atoms with Crippen LogP contribution in [-0.4, -0.2) is 32.0 Å². The summed E-state index contributed by atoms with van der Waals surface area (Å²) < 4.78 is 81.1. The maximum Gasteiger partial charge on any atom is 0.402 e. The molecule has 7 nitrogen and oxygen atoms in total. The van der Waals surface area contributed by atoms with E-state index >= 15 is 0 Å². The van der Waals surface area contributed by atoms with E-state index in [4.69, 9.17) is 4.42 Å². The van der Waals surface area contributed by atoms with Crippen LogP contribution < -0.4 is 10.0 Å². The van der Waals surface area contributed by atoms with Crippen molar-refractivity contribution in [2.75, 3.05) is 11.9 Å². The molecule has 0 radical (unpaired) electrons. The van der Waals surface area contributed by atoms with Gasteiger partial charge in [0.25, 0.3) is 0 Å². The van der Waals surface area contributed by atoms with E-state index in [-0.39, 0.29) is 40.6 Å². The molecule has 0 unspecified atom stereocenters. The number of oxazole rings is 1. The molecule has 2 aromatic carbocycles. The Morgan fingerprint density at radius 1 is 1.06 bits per heavy atom. The minimum Gasteiger partial charge on any atom is -0.441 e. The van der Waals surface area contributed by atoms with Crippen molar-refractivity contribution in [3.8, 4) is 11.3 Å². The van der Waals surface area contributed by atoms with E-state index in [9.17, 15) is 30.8 Å². The zero-order valence-corrected chi connectivity index (χ0v) is 17.1. The molecule has 1 amide bonds. The van der Waals surface area contributed by atoms with Crippen LogP contribution in [0.25, 0.3) is 11.3 Å². The second-order valence-corrected chi connectivity index (χ2v) is 8.38. The van der Waals surface area contributed by atoms with Gasteiger partial charge in [0.05, 0.1) is 16.7 Å². The van der Waals surface area contributed by atoms with Gasteiger partial charge in [0, 0.05) is 18.5 Å². The Labute approximate surface area is 180 Å². The second-order valence-electron chi connectivity index (χ2n) is 6.61. The van der Waals surface area contributed by atoms with Crippen molar-refractivity contribution < 1.29 is 35.2 Å². The number of sulfonamides is 1. The molecule has 0 saturated carbocycles. The van der Waals surface area contributed by atoms with Crippen molar-refractivity contribution in [1.82, 2.24) is 9.71 Å². The van der Waals surface area contributed by atoms with Gasteiger partial charge in [-0.3, -0.25) is 4.79 Å². The first-order chi connectivity index (χ1) is 15.0. The highest BCUT2D eigenvalue weighted by Gasteiger charge is 2.30. The highest BCUT2D eigenvalue weighted by atomic mass is 32.2. The minimum absolute atomic E-state index is 0.0234. The van der Waals surface area contributed by atoms with Crippen LogP contribution in [0, 0.1) is 5.82 Å². The van der Waals surface area contributed by atoms with Gasteiger partial charge in [0.2, 0.25) is 15.9 Å². The predicted molar refractivity (Wildman–Crippen MR) is 107 cm³/mol. The van der Waals surface area contributed by atoms with Gasteiger partial charge < -0.3 is 9.73 Å². The molecule has 0 aliphatic heterocycles. The smallest absolute Gasteiger partial charge is 0.402 e. The summed E-state index contributed by atoms with van der Waals surface area (Å²) in [7, 11) is -4.34. The highest BCUT2D eigenvalue weighted by Crippen LogP contribution is 2.24. The van der Waals surface area contributed by atoms with Gasteiger partial charge in [-0.25, -0.2) is 22.5 Å². The molecule has 170 valence electrons. The summed E-state index contributed by atoms with van der Waals surface area (Å²) in [5.74, 6) is -0.432. The molecular formula is C20H17F4N3O4S. The Hall–Kier alpha value is -3.25. The Bertz CT molecular complexity index is 1190. The van der Waals surface area contributed by atoms with Crippen LogP contribution in [0.15, 0.2) is 64.0 Å². The molecule has 0 saturated heterocycles. The van der Waals surface area contributed by atoms with Crippen LogP contribution >= 0.6 is 0 Å². The SMILES string of the molecule is O=C(CCc1ncc(-c2ccccc2F)o1)Nc1ccc(S(=O)(=O)NCC(F)(F)F)cc1. The standard InChI is InChI=1S/C20H17F4N3O4S/c21-16-4-2-1-3-15(16)17-11-25-19(31-17)10-9-18(28)27-13-5-7-14(8-6-13)32(29,30)26-12-20(22,23)24/h1-8,11,26H,9-10,12H2,(H,27,28). The van der Waals surface area contributed by atoms with Crippen LogP contribution in [0.3, 0.4) is 0 Å². The van der Waals surface area contributed by atoms with Crippen molar-refractivity contribution in [2.45, 2.75) is 23.9 Å². The second kappa shape index (κ2) is 9.49. The van der Waals surface area contributed by atoms with Gasteiger partial charge in [-0.2, -0.15) is 13.2 Å². The molecule has 0 fully saturated rings. The molecule has 0 aliphatic carbocycles. The van der Waals surface area contributed by atoms with E-state index < -0.39 is 34.5 Å². The summed E-state index contributed by atoms with van der Waals surface area (Å²) in [6, 6.07) is 10.7. The third kappa shape index (κ3) is 6.37. The Kier molecular flexibility index (Phi) is 6.94. The van der Waals surface area contributed by atoms with E-state index in [1.165, 1.54) is 35.2 Å². The molecule has 0 bridgehead atoms. The van der Waals surface area contributed by atoms with E-state index in [1.807, 2.05) is 0 Å². The molecule has 1 aromatic heterocycles. The monoisotopic (exact) mass is 471 g/mol. The van der Waals surface area contributed by atoms with Crippen molar-refractivity contribution in [1.29, 1.82) is 0 Å². The van der Waals surface area contributed by atoms with Crippen molar-refractivity contribution in [3.63, 3.8) is 0 Å². The third-order valence-corrected chi connectivity index (χ3v) is 5.59. The lowest BCUT2D eigenvalue weighted by atomic mass is 10.2. The first kappa shape index (κ1) is 23.4. The summed E-state index contributed by atoms with van der Waals surface area (Å²) in [6.07, 6.45) is -3.21. The van der Waals surface area contributed by atoms with Gasteiger partial charge in [0.1, 0.15) is 12.4 Å². The number of rotatable bonds is 8. The number of nitrogens with one attached hydrogen (secondary N) is 2. The molecule has 1 heterocycles. The summed E-state index contributed by atoms with van der Waals surface area (Å²) in [5, 5.41) is 2.53. The van der Waals surface area contributed by atoms with Crippen LogP contribution in [0.2, 0.25) is 0 Å². The maximum absolute atomic E-state index is 13.8. The molecule has 0 aliphatic rings. The van der Waals surface area contributed by atoms with Crippen LogP contribution in [-0.2, 0) is 21.2 Å². The van der Waals surface area contributed by atoms with Crippen LogP contribution in [0.1, 0.15) is 12.3 Å². The number of alkyl halides is 3. The van der Waals surface area contributed by atoms with Crippen LogP contribution in [0.4, 0.5) is 23.2 Å². The van der Waals surface area contributed by atoms with E-state index in [0.717, 1.165) is 12.1 Å². The van der Waals surface area contributed by atoms with Gasteiger partial charge in [-0.05, 0) is 36.4 Å². The normalized spacial score (nSPS) is 12.0. The number of aryl methyl sites for hydroxylation is 1. The predicted octanol–water partition coefficient (Wildman–Crippen LogP) is 3.89. The van der Waals surface area contributed by atoms with Gasteiger partial charge in [-0.15, -0.1) is 0 Å². The molecule has 2 N–H and O–H groups in total. The lowest BCUT2D eigenvalue weighted by molar-refractivity contribution is -0.121. The summed E-state index contributed by atoms with van der Waals surface area (Å²) in [6.45, 7) is -1.69. The fourth-order valence-electron chi connectivity index (χ4n) is 2.63. The number of amides is 1. The van der Waals surface area contributed by atoms with E-state index in [1.54, 1.807) is 12.1 Å². The molecule has 0 spiro atoms. The Morgan fingerprint density at radius 3 is 2.41 bits per heavy atom. The number of hydrogen-bond acceptors (Lipinski definition) is 5. The summed E-state index contributed by atoms with van der Waals surface area (Å²) in [4.78, 5) is 15.8. The minimum atomic E-state index is -4.68. The third-order valence-electron chi connectivity index (χ3n) is 4.17. The average molecular weight is 471 g/mol. The average Bonchev–Trinajstić information content (AvgIpc) is 3.20. The number of hydrogen-bond donors (Lipinski definition) is 2. The van der Waals surface area contributed by atoms with Gasteiger partial charge in [0.15, 0.2) is 11.7 Å². The number of aromatic nitrogens is 1. The van der Waals surface area contributed by atoms with E-state index in [2.05, 4.69) is 10.3 Å². The van der Waals surface area contributed by atoms with Crippen molar-refractivity contribution in [2.24, 2.45) is 0 Å². The maximum atomic E-state index is 13.8. The Balaban J connectivity index is 1.54. The fourth-order valence-corrected chi connectivity index (χ4v) is 3.65. The summed E-state index contributed by atoms with van der Waals surface area (Å²) >= 11 is 0. The molecule has 3 rings (SSSR count). The molecular weight excluding hydrogens is 454 g/mol. The quantitative estimate of drug-likeness (QED) is 0.486. The zero-order chi connectivity index (χ0) is 23.4. The largest absolute Gasteiger partial charge is 0.441 e. The lowest BCUT2D eigenvalue weighted by Crippen LogP contribution is -2.33. The van der Waals surface area contributed by atoms with Crippen molar-refractivity contribution in [3.05, 3.63) is 66.4 Å². The highest BCUT2D eigenvalue weighted by molar-refractivity contribution is 7.89. The lowest BCUT2D eigenvalue weighted by Gasteiger charge is -2.10. The number of benzene rings is 2. The number of nitrogens with zero attached hydrogens (tertiary/aromatic N) is 1. The zero-order valence-electron chi connectivity index (χ0n) is 16.3. The molecule has 12 heteroatoms. The first-order valence-corrected chi connectivity index (χ1v) is 10.7. The van der Waals surface area contributed by atoms with Crippen molar-refractivity contribution >= 4 is 21.6 Å². The fraction of sp³-hybridized carbons (Fsp3) is 0.200. The number of anilines is 1. The molecule has 0 atom stereocenters. The Morgan fingerprint density at radius 2 is 1.75 bits per heavy atom. The summed E-state index contributed by atoms with van der Waals surface area (Å²) in [5.41, 5.74) is 0.500. The topological polar surface area (TPSA) is 101 Å². The van der Waals surface area contributed by atoms with Gasteiger partial charge in [-0.1, -0.05) is 12.1 Å². The molecule has 32 heavy (non-hydrogen) atoms. The van der Waals surface area contributed by atoms with E-state index in [0.29, 0.717) is 0 Å².